The van der Waals surface area contributed by atoms with E-state index in [0.717, 1.165) is 34.9 Å². The van der Waals surface area contributed by atoms with Crippen LogP contribution in [0.5, 0.6) is 17.2 Å². The first-order chi connectivity index (χ1) is 14.2. The highest BCUT2D eigenvalue weighted by molar-refractivity contribution is 6.31. The number of nitrogens with one attached hydrogen (secondary N) is 1. The fourth-order valence-corrected chi connectivity index (χ4v) is 3.17. The van der Waals surface area contributed by atoms with Crippen LogP contribution in [0.15, 0.2) is 66.7 Å². The van der Waals surface area contributed by atoms with Crippen LogP contribution in [0.25, 0.3) is 0 Å². The Labute approximate surface area is 177 Å². The van der Waals surface area contributed by atoms with Crippen molar-refractivity contribution in [2.45, 2.75) is 26.6 Å². The molecule has 3 aromatic rings. The lowest BCUT2D eigenvalue weighted by atomic mass is 10.1. The predicted octanol–water partition coefficient (Wildman–Crippen LogP) is 5.62. The third-order valence-corrected chi connectivity index (χ3v) is 4.86. The van der Waals surface area contributed by atoms with Crippen molar-refractivity contribution < 1.29 is 14.2 Å². The number of halogens is 1. The Morgan fingerprint density at radius 3 is 2.31 bits per heavy atom. The van der Waals surface area contributed by atoms with Crippen LogP contribution in [0.3, 0.4) is 0 Å². The highest BCUT2D eigenvalue weighted by Gasteiger charge is 2.12. The SMILES string of the molecule is CCOc1cccc(CNCc2ccc(OC)cc2)c1OCc1ccccc1Cl. The van der Waals surface area contributed by atoms with Crippen LogP contribution in [0.4, 0.5) is 0 Å². The molecule has 0 spiro atoms. The van der Waals surface area contributed by atoms with Crippen LogP contribution in [0, 0.1) is 0 Å². The standard InChI is InChI=1S/C24H26ClNO3/c1-3-28-23-10-6-8-19(16-26-15-18-11-13-21(27-2)14-12-18)24(23)29-17-20-7-4-5-9-22(20)25/h4-14,26H,3,15-17H2,1-2H3. The van der Waals surface area contributed by atoms with Crippen molar-refractivity contribution in [1.29, 1.82) is 0 Å². The fraction of sp³-hybridized carbons (Fsp3) is 0.250. The molecule has 29 heavy (non-hydrogen) atoms. The van der Waals surface area contributed by atoms with Crippen LogP contribution >= 0.6 is 11.6 Å². The van der Waals surface area contributed by atoms with Gasteiger partial charge in [-0.2, -0.15) is 0 Å². The quantitative estimate of drug-likeness (QED) is 0.470. The Bertz CT molecular complexity index is 912. The Hall–Kier alpha value is -2.69. The third-order valence-electron chi connectivity index (χ3n) is 4.49. The normalized spacial score (nSPS) is 10.6. The molecule has 0 heterocycles. The lowest BCUT2D eigenvalue weighted by Crippen LogP contribution is -2.14. The van der Waals surface area contributed by atoms with Crippen molar-refractivity contribution in [2.24, 2.45) is 0 Å². The first-order valence-electron chi connectivity index (χ1n) is 9.65. The van der Waals surface area contributed by atoms with Gasteiger partial charge in [-0.15, -0.1) is 0 Å². The number of methoxy groups -OCH3 is 1. The van der Waals surface area contributed by atoms with Crippen LogP contribution in [-0.2, 0) is 19.7 Å². The smallest absolute Gasteiger partial charge is 0.166 e. The second kappa shape index (κ2) is 10.7. The molecule has 0 aliphatic rings. The monoisotopic (exact) mass is 411 g/mol. The van der Waals surface area contributed by atoms with Gasteiger partial charge in [-0.3, -0.25) is 0 Å². The minimum atomic E-state index is 0.384. The van der Waals surface area contributed by atoms with Gasteiger partial charge in [0.1, 0.15) is 12.4 Å². The molecule has 3 rings (SSSR count). The van der Waals surface area contributed by atoms with E-state index >= 15 is 0 Å². The minimum absolute atomic E-state index is 0.384. The highest BCUT2D eigenvalue weighted by Crippen LogP contribution is 2.33. The zero-order valence-corrected chi connectivity index (χ0v) is 17.5. The molecule has 5 heteroatoms. The fourth-order valence-electron chi connectivity index (χ4n) is 2.98. The summed E-state index contributed by atoms with van der Waals surface area (Å²) in [5.41, 5.74) is 3.17. The van der Waals surface area contributed by atoms with Gasteiger partial charge in [0.05, 0.1) is 13.7 Å². The second-order valence-corrected chi connectivity index (χ2v) is 6.92. The number of hydrogen-bond donors (Lipinski definition) is 1. The summed E-state index contributed by atoms with van der Waals surface area (Å²) in [7, 11) is 1.67. The van der Waals surface area contributed by atoms with Gasteiger partial charge in [-0.1, -0.05) is 54.1 Å². The molecule has 0 saturated carbocycles. The average molecular weight is 412 g/mol. The Balaban J connectivity index is 1.69. The lowest BCUT2D eigenvalue weighted by molar-refractivity contribution is 0.266. The molecular weight excluding hydrogens is 386 g/mol. The van der Waals surface area contributed by atoms with Gasteiger partial charge in [0.25, 0.3) is 0 Å². The van der Waals surface area contributed by atoms with Crippen LogP contribution < -0.4 is 19.5 Å². The summed E-state index contributed by atoms with van der Waals surface area (Å²) >= 11 is 6.27. The number of hydrogen-bond acceptors (Lipinski definition) is 4. The van der Waals surface area contributed by atoms with Crippen molar-refractivity contribution in [3.63, 3.8) is 0 Å². The van der Waals surface area contributed by atoms with Crippen molar-refractivity contribution in [1.82, 2.24) is 5.32 Å². The number of para-hydroxylation sites is 1. The molecule has 0 radical (unpaired) electrons. The summed E-state index contributed by atoms with van der Waals surface area (Å²) in [5.74, 6) is 2.34. The molecule has 0 aliphatic heterocycles. The average Bonchev–Trinajstić information content (AvgIpc) is 2.75. The van der Waals surface area contributed by atoms with Gasteiger partial charge in [0, 0.05) is 29.2 Å². The summed E-state index contributed by atoms with van der Waals surface area (Å²) in [4.78, 5) is 0. The maximum atomic E-state index is 6.27. The predicted molar refractivity (Wildman–Crippen MR) is 117 cm³/mol. The van der Waals surface area contributed by atoms with Crippen molar-refractivity contribution in [3.05, 3.63) is 88.4 Å². The van der Waals surface area contributed by atoms with Crippen LogP contribution in [-0.4, -0.2) is 13.7 Å². The first kappa shape index (κ1) is 21.0. The largest absolute Gasteiger partial charge is 0.497 e. The topological polar surface area (TPSA) is 39.7 Å². The van der Waals surface area contributed by atoms with Crippen molar-refractivity contribution >= 4 is 11.6 Å². The molecule has 0 aliphatic carbocycles. The van der Waals surface area contributed by atoms with E-state index in [9.17, 15) is 0 Å². The van der Waals surface area contributed by atoms with E-state index in [-0.39, 0.29) is 0 Å². The zero-order valence-electron chi connectivity index (χ0n) is 16.8. The number of ether oxygens (including phenoxy) is 3. The molecule has 152 valence electrons. The molecule has 0 unspecified atom stereocenters. The lowest BCUT2D eigenvalue weighted by Gasteiger charge is -2.17. The summed E-state index contributed by atoms with van der Waals surface area (Å²) in [6.07, 6.45) is 0. The maximum absolute atomic E-state index is 6.27. The highest BCUT2D eigenvalue weighted by atomic mass is 35.5. The van der Waals surface area contributed by atoms with Gasteiger partial charge in [0.2, 0.25) is 0 Å². The molecule has 4 nitrogen and oxygen atoms in total. The summed E-state index contributed by atoms with van der Waals surface area (Å²) in [5, 5.41) is 4.17. The van der Waals surface area contributed by atoms with Gasteiger partial charge in [-0.05, 0) is 36.8 Å². The van der Waals surface area contributed by atoms with Gasteiger partial charge < -0.3 is 19.5 Å². The van der Waals surface area contributed by atoms with Gasteiger partial charge >= 0.3 is 0 Å². The van der Waals surface area contributed by atoms with Crippen molar-refractivity contribution in [3.8, 4) is 17.2 Å². The summed E-state index contributed by atoms with van der Waals surface area (Å²) < 4.78 is 17.1. The van der Waals surface area contributed by atoms with Gasteiger partial charge in [0.15, 0.2) is 11.5 Å². The Kier molecular flexibility index (Phi) is 7.79. The first-order valence-corrected chi connectivity index (χ1v) is 10.0. The molecule has 0 bridgehead atoms. The van der Waals surface area contributed by atoms with E-state index in [0.29, 0.717) is 24.8 Å². The molecule has 0 aromatic heterocycles. The van der Waals surface area contributed by atoms with Crippen molar-refractivity contribution in [2.75, 3.05) is 13.7 Å². The molecule has 0 atom stereocenters. The zero-order chi connectivity index (χ0) is 20.5. The van der Waals surface area contributed by atoms with E-state index in [2.05, 4.69) is 17.4 Å². The van der Waals surface area contributed by atoms with E-state index in [1.165, 1.54) is 5.56 Å². The van der Waals surface area contributed by atoms with E-state index < -0.39 is 0 Å². The third kappa shape index (κ3) is 5.89. The molecule has 1 N–H and O–H groups in total. The maximum Gasteiger partial charge on any atom is 0.166 e. The summed E-state index contributed by atoms with van der Waals surface area (Å²) in [6.45, 7) is 4.32. The van der Waals surface area contributed by atoms with Crippen LogP contribution in [0.1, 0.15) is 23.6 Å². The minimum Gasteiger partial charge on any atom is -0.497 e. The molecule has 0 amide bonds. The Morgan fingerprint density at radius 2 is 1.59 bits per heavy atom. The summed E-state index contributed by atoms with van der Waals surface area (Å²) in [6, 6.07) is 21.7. The number of benzene rings is 3. The number of rotatable bonds is 10. The Morgan fingerprint density at radius 1 is 0.828 bits per heavy atom. The molecule has 0 saturated heterocycles. The molecular formula is C24H26ClNO3. The molecule has 0 fully saturated rings. The van der Waals surface area contributed by atoms with E-state index in [1.54, 1.807) is 7.11 Å². The van der Waals surface area contributed by atoms with E-state index in [4.69, 9.17) is 25.8 Å². The van der Waals surface area contributed by atoms with E-state index in [1.807, 2.05) is 61.5 Å². The van der Waals surface area contributed by atoms with Crippen LogP contribution in [0.2, 0.25) is 5.02 Å². The molecule has 3 aromatic carbocycles. The second-order valence-electron chi connectivity index (χ2n) is 6.51. The van der Waals surface area contributed by atoms with Gasteiger partial charge in [-0.25, -0.2) is 0 Å².